The van der Waals surface area contributed by atoms with Crippen LogP contribution in [0.3, 0.4) is 0 Å². The Hall–Kier alpha value is -3.88. The number of ketones is 2. The third kappa shape index (κ3) is 4.55. The number of carbonyl (C=O) groups is 3. The number of hydrogen-bond donors (Lipinski definition) is 6. The van der Waals surface area contributed by atoms with Crippen LogP contribution >= 0.6 is 0 Å². The number of fused-ring (bicyclic) bond motifs is 3. The van der Waals surface area contributed by atoms with E-state index in [9.17, 15) is 34.8 Å². The summed E-state index contributed by atoms with van der Waals surface area (Å²) in [6, 6.07) is 3.75. The zero-order chi connectivity index (χ0) is 29.8. The minimum Gasteiger partial charge on any atom is -0.507 e. The quantitative estimate of drug-likeness (QED) is 0.105. The number of benzene rings is 2. The lowest BCUT2D eigenvalue weighted by Gasteiger charge is -2.42. The van der Waals surface area contributed by atoms with E-state index in [0.29, 0.717) is 6.41 Å². The van der Waals surface area contributed by atoms with Crippen LogP contribution in [0.15, 0.2) is 23.3 Å². The van der Waals surface area contributed by atoms with Crippen LogP contribution in [0.4, 0.5) is 0 Å². The SMILES string of the molecule is COc1cccc2c1C(=O)c1c(O)c3c(c(O)c1C2=O)C[C@@](O)(/C(C)=N/NC=O)C[C@H]3O[C@H]1C[C@@H](N)[C@@H](O)[C@@H](C)O1. The van der Waals surface area contributed by atoms with Crippen LogP contribution in [0, 0.1) is 0 Å². The number of phenols is 2. The van der Waals surface area contributed by atoms with Crippen molar-refractivity contribution in [3.63, 3.8) is 0 Å². The van der Waals surface area contributed by atoms with Crippen molar-refractivity contribution in [2.24, 2.45) is 10.8 Å². The van der Waals surface area contributed by atoms with Crippen molar-refractivity contribution in [3.8, 4) is 17.2 Å². The first-order valence-corrected chi connectivity index (χ1v) is 13.0. The molecule has 0 aromatic heterocycles. The fourth-order valence-corrected chi connectivity index (χ4v) is 5.89. The van der Waals surface area contributed by atoms with Crippen LogP contribution in [0.25, 0.3) is 0 Å². The third-order valence-corrected chi connectivity index (χ3v) is 8.10. The summed E-state index contributed by atoms with van der Waals surface area (Å²) >= 11 is 0. The molecule has 1 aliphatic heterocycles. The van der Waals surface area contributed by atoms with E-state index < -0.39 is 70.4 Å². The molecule has 1 fully saturated rings. The maximum absolute atomic E-state index is 13.7. The van der Waals surface area contributed by atoms with Gasteiger partial charge in [-0.25, -0.2) is 5.43 Å². The summed E-state index contributed by atoms with van der Waals surface area (Å²) in [5.41, 5.74) is 5.48. The fourth-order valence-electron chi connectivity index (χ4n) is 5.89. The zero-order valence-electron chi connectivity index (χ0n) is 22.6. The summed E-state index contributed by atoms with van der Waals surface area (Å²) in [7, 11) is 1.34. The van der Waals surface area contributed by atoms with Crippen molar-refractivity contribution in [2.75, 3.05) is 7.11 Å². The number of aliphatic hydroxyl groups excluding tert-OH is 1. The van der Waals surface area contributed by atoms with Crippen LogP contribution in [-0.4, -0.2) is 81.4 Å². The van der Waals surface area contributed by atoms with E-state index in [0.717, 1.165) is 0 Å². The predicted octanol–water partition coefficient (Wildman–Crippen LogP) is 0.562. The molecular formula is C28H31N3O10. The van der Waals surface area contributed by atoms with E-state index in [1.54, 1.807) is 6.92 Å². The Morgan fingerprint density at radius 2 is 1.90 bits per heavy atom. The predicted molar refractivity (Wildman–Crippen MR) is 142 cm³/mol. The van der Waals surface area contributed by atoms with Crippen molar-refractivity contribution in [3.05, 3.63) is 51.6 Å². The number of phenolic OH excluding ortho intramolecular Hbond substituents is 2. The van der Waals surface area contributed by atoms with Gasteiger partial charge >= 0.3 is 0 Å². The number of carbonyl (C=O) groups excluding carboxylic acids is 3. The van der Waals surface area contributed by atoms with E-state index in [1.165, 1.54) is 32.2 Å². The lowest BCUT2D eigenvalue weighted by molar-refractivity contribution is -0.245. The highest BCUT2D eigenvalue weighted by Gasteiger charge is 2.49. The number of hydrazone groups is 1. The number of nitrogens with two attached hydrogens (primary N) is 1. The van der Waals surface area contributed by atoms with Crippen molar-refractivity contribution in [1.82, 2.24) is 5.43 Å². The average molecular weight is 570 g/mol. The molecule has 0 bridgehead atoms. The Bertz CT molecular complexity index is 1460. The molecular weight excluding hydrogens is 538 g/mol. The molecule has 1 heterocycles. The molecule has 7 N–H and O–H groups in total. The Kier molecular flexibility index (Phi) is 7.34. The van der Waals surface area contributed by atoms with E-state index >= 15 is 0 Å². The maximum atomic E-state index is 13.7. The molecule has 1 amide bonds. The summed E-state index contributed by atoms with van der Waals surface area (Å²) < 4.78 is 17.3. The van der Waals surface area contributed by atoms with Crippen molar-refractivity contribution in [2.45, 2.75) is 69.4 Å². The van der Waals surface area contributed by atoms with Crippen LogP contribution in [0.1, 0.15) is 75.8 Å². The molecule has 2 aromatic rings. The minimum atomic E-state index is -1.82. The molecule has 5 rings (SSSR count). The van der Waals surface area contributed by atoms with E-state index in [-0.39, 0.29) is 53.0 Å². The Labute approximate surface area is 234 Å². The first kappa shape index (κ1) is 28.6. The standard InChI is InChI=1S/C28H31N3O10/c1-11-23(33)15(29)7-18(40-11)41-17-9-28(38,12(2)31-30-10-32)8-14-20(17)27(37)22-21(25(14)35)24(34)13-5-4-6-16(39-3)19(13)26(22)36/h4-6,10-11,15,17-18,23,33,35,37-38H,7-9,29H2,1-3H3,(H,30,32)/b31-12+/t11-,15-,17-,18+,23+,28+/m1/s1. The first-order chi connectivity index (χ1) is 19.4. The van der Waals surface area contributed by atoms with E-state index in [4.69, 9.17) is 19.9 Å². The highest BCUT2D eigenvalue weighted by molar-refractivity contribution is 6.31. The van der Waals surface area contributed by atoms with Crippen LogP contribution in [0.5, 0.6) is 17.2 Å². The Morgan fingerprint density at radius 3 is 2.56 bits per heavy atom. The van der Waals surface area contributed by atoms with Gasteiger partial charge in [0.1, 0.15) is 22.8 Å². The molecule has 218 valence electrons. The largest absolute Gasteiger partial charge is 0.507 e. The second-order valence-corrected chi connectivity index (χ2v) is 10.5. The third-order valence-electron chi connectivity index (χ3n) is 8.10. The first-order valence-electron chi connectivity index (χ1n) is 13.0. The van der Waals surface area contributed by atoms with Crippen LogP contribution < -0.4 is 15.9 Å². The van der Waals surface area contributed by atoms with Crippen molar-refractivity contribution in [1.29, 1.82) is 0 Å². The number of aromatic hydroxyl groups is 2. The van der Waals surface area contributed by atoms with Gasteiger partial charge in [0.05, 0.1) is 47.8 Å². The molecule has 2 aromatic carbocycles. The highest BCUT2D eigenvalue weighted by Crippen LogP contribution is 2.52. The maximum Gasteiger partial charge on any atom is 0.227 e. The summed E-state index contributed by atoms with van der Waals surface area (Å²) in [4.78, 5) is 38.2. The number of methoxy groups -OCH3 is 1. The lowest BCUT2D eigenvalue weighted by Crippen LogP contribution is -2.52. The molecule has 0 spiro atoms. The normalized spacial score (nSPS) is 29.3. The minimum absolute atomic E-state index is 0.0135. The van der Waals surface area contributed by atoms with Gasteiger partial charge in [0.2, 0.25) is 12.2 Å². The lowest BCUT2D eigenvalue weighted by atomic mass is 9.72. The number of nitrogens with one attached hydrogen (secondary N) is 1. The second kappa shape index (κ2) is 10.5. The smallest absolute Gasteiger partial charge is 0.227 e. The topological polar surface area (TPSA) is 210 Å². The molecule has 6 atom stereocenters. The zero-order valence-corrected chi connectivity index (χ0v) is 22.6. The van der Waals surface area contributed by atoms with E-state index in [1.807, 2.05) is 0 Å². The highest BCUT2D eigenvalue weighted by atomic mass is 16.7. The van der Waals surface area contributed by atoms with Gasteiger partial charge in [-0.1, -0.05) is 12.1 Å². The number of hydrogen-bond acceptors (Lipinski definition) is 12. The summed E-state index contributed by atoms with van der Waals surface area (Å²) in [5.74, 6) is -2.52. The number of amides is 1. The number of ether oxygens (including phenoxy) is 3. The van der Waals surface area contributed by atoms with Gasteiger partial charge in [-0.3, -0.25) is 14.4 Å². The summed E-state index contributed by atoms with van der Waals surface area (Å²) in [6.07, 6.45) is -4.04. The van der Waals surface area contributed by atoms with Gasteiger partial charge in [0.15, 0.2) is 12.1 Å². The number of rotatable bonds is 6. The van der Waals surface area contributed by atoms with Gasteiger partial charge in [-0.05, 0) is 19.9 Å². The summed E-state index contributed by atoms with van der Waals surface area (Å²) in [6.45, 7) is 3.07. The summed E-state index contributed by atoms with van der Waals surface area (Å²) in [5, 5.41) is 48.9. The monoisotopic (exact) mass is 569 g/mol. The van der Waals surface area contributed by atoms with Gasteiger partial charge in [-0.15, -0.1) is 0 Å². The van der Waals surface area contributed by atoms with Crippen LogP contribution in [-0.2, 0) is 20.7 Å². The van der Waals surface area contributed by atoms with Gasteiger partial charge in [-0.2, -0.15) is 5.10 Å². The Balaban J connectivity index is 1.69. The van der Waals surface area contributed by atoms with Gasteiger partial charge < -0.3 is 40.4 Å². The fraction of sp³-hybridized carbons (Fsp3) is 0.429. The molecule has 0 unspecified atom stereocenters. The second-order valence-electron chi connectivity index (χ2n) is 10.5. The Morgan fingerprint density at radius 1 is 1.20 bits per heavy atom. The molecule has 13 heteroatoms. The van der Waals surface area contributed by atoms with Gasteiger partial charge in [0.25, 0.3) is 0 Å². The van der Waals surface area contributed by atoms with E-state index in [2.05, 4.69) is 10.5 Å². The number of nitrogens with zero attached hydrogens (tertiary/aromatic N) is 1. The molecule has 2 aliphatic carbocycles. The molecule has 41 heavy (non-hydrogen) atoms. The molecule has 1 saturated heterocycles. The van der Waals surface area contributed by atoms with Crippen molar-refractivity contribution >= 4 is 23.7 Å². The van der Waals surface area contributed by atoms with Crippen molar-refractivity contribution < 1.29 is 49.0 Å². The molecule has 0 radical (unpaired) electrons. The van der Waals surface area contributed by atoms with Crippen LogP contribution in [0.2, 0.25) is 0 Å². The molecule has 3 aliphatic rings. The molecule has 0 saturated carbocycles. The molecule has 13 nitrogen and oxygen atoms in total. The average Bonchev–Trinajstić information content (AvgIpc) is 2.94. The van der Waals surface area contributed by atoms with Gasteiger partial charge in [0, 0.05) is 42.0 Å². The number of aliphatic hydroxyl groups is 2.